The summed E-state index contributed by atoms with van der Waals surface area (Å²) in [5.41, 5.74) is 1.18. The highest BCUT2D eigenvalue weighted by molar-refractivity contribution is 9.09. The molecule has 0 aliphatic carbocycles. The van der Waals surface area contributed by atoms with Gasteiger partial charge in [0.1, 0.15) is 0 Å². The van der Waals surface area contributed by atoms with Gasteiger partial charge in [0.2, 0.25) is 0 Å². The number of hydrogen-bond acceptors (Lipinski definition) is 1. The van der Waals surface area contributed by atoms with Gasteiger partial charge in [-0.25, -0.2) is 0 Å². The largest absolute Gasteiger partial charge is 0.370 e. The molecule has 1 rings (SSSR count). The van der Waals surface area contributed by atoms with Crippen molar-refractivity contribution in [3.63, 3.8) is 0 Å². The Morgan fingerprint density at radius 2 is 1.84 bits per heavy atom. The van der Waals surface area contributed by atoms with Gasteiger partial charge in [0.15, 0.2) is 0 Å². The number of benzene rings is 1. The van der Waals surface area contributed by atoms with Crippen LogP contribution in [0, 0.1) is 0 Å². The lowest BCUT2D eigenvalue weighted by Gasteiger charge is -2.21. The van der Waals surface area contributed by atoms with Crippen LogP contribution in [0.5, 0.6) is 0 Å². The second-order valence-electron chi connectivity index (χ2n) is 4.99. The summed E-state index contributed by atoms with van der Waals surface area (Å²) in [5, 5.41) is 1.58. The first-order chi connectivity index (χ1) is 9.17. The van der Waals surface area contributed by atoms with Crippen molar-refractivity contribution in [2.75, 3.05) is 5.33 Å². The summed E-state index contributed by atoms with van der Waals surface area (Å²) < 4.78 is 6.12. The van der Waals surface area contributed by atoms with Crippen molar-refractivity contribution in [3.05, 3.63) is 34.9 Å². The van der Waals surface area contributed by atoms with Gasteiger partial charge in [-0.15, -0.1) is 0 Å². The number of alkyl halides is 1. The Labute approximate surface area is 130 Å². The zero-order valence-electron chi connectivity index (χ0n) is 11.9. The van der Waals surface area contributed by atoms with Crippen LogP contribution >= 0.6 is 27.5 Å². The molecule has 0 N–H and O–H groups in total. The molecule has 0 aliphatic rings. The minimum absolute atomic E-state index is 0.110. The van der Waals surface area contributed by atoms with Gasteiger partial charge in [-0.05, 0) is 31.0 Å². The molecule has 0 heterocycles. The Bertz CT molecular complexity index is 339. The molecule has 2 atom stereocenters. The van der Waals surface area contributed by atoms with Gasteiger partial charge >= 0.3 is 0 Å². The minimum atomic E-state index is 0.110. The van der Waals surface area contributed by atoms with Crippen LogP contribution in [0.4, 0.5) is 0 Å². The third-order valence-corrected chi connectivity index (χ3v) is 4.08. The van der Waals surface area contributed by atoms with Gasteiger partial charge in [0.05, 0.1) is 12.2 Å². The summed E-state index contributed by atoms with van der Waals surface area (Å²) in [7, 11) is 0. The van der Waals surface area contributed by atoms with Crippen LogP contribution in [-0.4, -0.2) is 11.4 Å². The number of halogens is 2. The van der Waals surface area contributed by atoms with E-state index >= 15 is 0 Å². The zero-order chi connectivity index (χ0) is 14.1. The fourth-order valence-corrected chi connectivity index (χ4v) is 2.74. The predicted octanol–water partition coefficient (Wildman–Crippen LogP) is 6.15. The van der Waals surface area contributed by atoms with Crippen LogP contribution in [-0.2, 0) is 4.74 Å². The van der Waals surface area contributed by atoms with Crippen molar-refractivity contribution in [3.8, 4) is 0 Å². The van der Waals surface area contributed by atoms with Crippen molar-refractivity contribution in [1.82, 2.24) is 0 Å². The molecule has 0 amide bonds. The Kier molecular flexibility index (Phi) is 8.76. The molecular formula is C16H24BrClO. The number of rotatable bonds is 9. The topological polar surface area (TPSA) is 9.23 Å². The summed E-state index contributed by atoms with van der Waals surface area (Å²) in [6, 6.07) is 7.92. The van der Waals surface area contributed by atoms with E-state index in [0.717, 1.165) is 16.8 Å². The molecule has 0 aliphatic heterocycles. The van der Waals surface area contributed by atoms with E-state index in [2.05, 4.69) is 29.8 Å². The molecule has 0 saturated heterocycles. The number of ether oxygens (including phenoxy) is 1. The molecule has 1 aromatic rings. The SMILES string of the molecule is CCCCCCC(C)OC(CBr)c1ccc(Cl)cc1. The van der Waals surface area contributed by atoms with E-state index in [1.54, 1.807) is 0 Å². The summed E-state index contributed by atoms with van der Waals surface area (Å²) in [6.07, 6.45) is 6.72. The van der Waals surface area contributed by atoms with Gasteiger partial charge in [-0.1, -0.05) is 72.3 Å². The molecule has 1 nitrogen and oxygen atoms in total. The van der Waals surface area contributed by atoms with Gasteiger partial charge in [0, 0.05) is 10.4 Å². The first-order valence-electron chi connectivity index (χ1n) is 7.14. The van der Waals surface area contributed by atoms with E-state index in [1.165, 1.54) is 31.2 Å². The molecule has 0 bridgehead atoms. The Morgan fingerprint density at radius 3 is 2.42 bits per heavy atom. The molecule has 0 spiro atoms. The van der Waals surface area contributed by atoms with E-state index < -0.39 is 0 Å². The second-order valence-corrected chi connectivity index (χ2v) is 6.07. The highest BCUT2D eigenvalue weighted by Gasteiger charge is 2.14. The summed E-state index contributed by atoms with van der Waals surface area (Å²) in [6.45, 7) is 4.40. The third kappa shape index (κ3) is 6.78. The van der Waals surface area contributed by atoms with Crippen molar-refractivity contribution < 1.29 is 4.74 Å². The lowest BCUT2D eigenvalue weighted by Crippen LogP contribution is -2.15. The highest BCUT2D eigenvalue weighted by Crippen LogP contribution is 2.24. The highest BCUT2D eigenvalue weighted by atomic mass is 79.9. The number of unbranched alkanes of at least 4 members (excludes halogenated alkanes) is 3. The third-order valence-electron chi connectivity index (χ3n) is 3.24. The Balaban J connectivity index is 2.41. The molecule has 0 radical (unpaired) electrons. The zero-order valence-corrected chi connectivity index (χ0v) is 14.2. The predicted molar refractivity (Wildman–Crippen MR) is 87.3 cm³/mol. The first kappa shape index (κ1) is 17.0. The molecule has 1 aromatic carbocycles. The van der Waals surface area contributed by atoms with Gasteiger partial charge in [0.25, 0.3) is 0 Å². The fraction of sp³-hybridized carbons (Fsp3) is 0.625. The van der Waals surface area contributed by atoms with Crippen molar-refractivity contribution in [2.24, 2.45) is 0 Å². The fourth-order valence-electron chi connectivity index (χ4n) is 2.09. The van der Waals surface area contributed by atoms with E-state index in [9.17, 15) is 0 Å². The van der Waals surface area contributed by atoms with Crippen LogP contribution in [0.3, 0.4) is 0 Å². The lowest BCUT2D eigenvalue weighted by molar-refractivity contribution is 0.00492. The lowest BCUT2D eigenvalue weighted by atomic mass is 10.1. The molecule has 0 fully saturated rings. The van der Waals surface area contributed by atoms with Gasteiger partial charge in [-0.3, -0.25) is 0 Å². The maximum atomic E-state index is 6.12. The normalized spacial score (nSPS) is 14.3. The Hall–Kier alpha value is -0.0500. The molecule has 0 saturated carbocycles. The van der Waals surface area contributed by atoms with Crippen molar-refractivity contribution >= 4 is 27.5 Å². The average Bonchev–Trinajstić information content (AvgIpc) is 2.42. The average molecular weight is 348 g/mol. The van der Waals surface area contributed by atoms with Crippen molar-refractivity contribution in [1.29, 1.82) is 0 Å². The smallest absolute Gasteiger partial charge is 0.0925 e. The van der Waals surface area contributed by atoms with Crippen LogP contribution in [0.25, 0.3) is 0 Å². The van der Waals surface area contributed by atoms with E-state index in [-0.39, 0.29) is 6.10 Å². The number of hydrogen-bond donors (Lipinski definition) is 0. The maximum Gasteiger partial charge on any atom is 0.0925 e. The molecule has 2 unspecified atom stereocenters. The van der Waals surface area contributed by atoms with Crippen LogP contribution in [0.1, 0.15) is 57.6 Å². The molecule has 108 valence electrons. The van der Waals surface area contributed by atoms with Gasteiger partial charge in [-0.2, -0.15) is 0 Å². The van der Waals surface area contributed by atoms with Crippen molar-refractivity contribution in [2.45, 2.75) is 58.2 Å². The summed E-state index contributed by atoms with van der Waals surface area (Å²) >= 11 is 9.45. The van der Waals surface area contributed by atoms with E-state index in [4.69, 9.17) is 16.3 Å². The van der Waals surface area contributed by atoms with Crippen LogP contribution in [0.2, 0.25) is 5.02 Å². The molecular weight excluding hydrogens is 324 g/mol. The van der Waals surface area contributed by atoms with Crippen LogP contribution in [0.15, 0.2) is 24.3 Å². The molecule has 19 heavy (non-hydrogen) atoms. The minimum Gasteiger partial charge on any atom is -0.370 e. The van der Waals surface area contributed by atoms with Crippen LogP contribution < -0.4 is 0 Å². The monoisotopic (exact) mass is 346 g/mol. The van der Waals surface area contributed by atoms with E-state index in [0.29, 0.717) is 6.10 Å². The summed E-state index contributed by atoms with van der Waals surface area (Å²) in [5.74, 6) is 0. The molecule has 3 heteroatoms. The molecule has 0 aromatic heterocycles. The quantitative estimate of drug-likeness (QED) is 0.384. The first-order valence-corrected chi connectivity index (χ1v) is 8.64. The standard InChI is InChI=1S/C16H24BrClO/c1-3-4-5-6-7-13(2)19-16(12-17)14-8-10-15(18)11-9-14/h8-11,13,16H,3-7,12H2,1-2H3. The Morgan fingerprint density at radius 1 is 1.16 bits per heavy atom. The maximum absolute atomic E-state index is 6.12. The summed E-state index contributed by atoms with van der Waals surface area (Å²) in [4.78, 5) is 0. The second kappa shape index (κ2) is 9.79. The van der Waals surface area contributed by atoms with E-state index in [1.807, 2.05) is 24.3 Å². The van der Waals surface area contributed by atoms with Gasteiger partial charge < -0.3 is 4.74 Å².